The van der Waals surface area contributed by atoms with Gasteiger partial charge in [-0.15, -0.1) is 0 Å². The number of nitro groups is 1. The molecular formula is C24H30ClN3O3. The molecule has 2 aromatic rings. The highest BCUT2D eigenvalue weighted by Gasteiger charge is 2.32. The van der Waals surface area contributed by atoms with Crippen LogP contribution in [0, 0.1) is 10.1 Å². The fraction of sp³-hybridized carbons (Fsp3) is 0.500. The Kier molecular flexibility index (Phi) is 7.10. The first-order valence-corrected chi connectivity index (χ1v) is 11.6. The van der Waals surface area contributed by atoms with E-state index in [4.69, 9.17) is 16.3 Å². The van der Waals surface area contributed by atoms with Gasteiger partial charge >= 0.3 is 0 Å². The number of non-ortho nitro benzene ring substituents is 1. The van der Waals surface area contributed by atoms with Crippen molar-refractivity contribution in [2.75, 3.05) is 24.6 Å². The summed E-state index contributed by atoms with van der Waals surface area (Å²) in [6, 6.07) is 13.6. The van der Waals surface area contributed by atoms with Gasteiger partial charge in [0.15, 0.2) is 0 Å². The maximum absolute atomic E-state index is 11.6. The van der Waals surface area contributed by atoms with Crippen molar-refractivity contribution in [2.24, 2.45) is 0 Å². The Morgan fingerprint density at radius 2 is 1.94 bits per heavy atom. The second-order valence-corrected chi connectivity index (χ2v) is 8.86. The number of nitro benzene ring substituents is 1. The van der Waals surface area contributed by atoms with E-state index in [1.165, 1.54) is 6.42 Å². The van der Waals surface area contributed by atoms with Crippen LogP contribution in [0.25, 0.3) is 0 Å². The third-order valence-electron chi connectivity index (χ3n) is 6.39. The molecule has 2 aromatic carbocycles. The Bertz CT molecular complexity index is 905. The molecular weight excluding hydrogens is 414 g/mol. The van der Waals surface area contributed by atoms with Crippen LogP contribution in [0.1, 0.15) is 56.4 Å². The van der Waals surface area contributed by atoms with Crippen molar-refractivity contribution in [1.82, 2.24) is 4.90 Å². The van der Waals surface area contributed by atoms with E-state index in [9.17, 15) is 10.1 Å². The number of halogens is 1. The van der Waals surface area contributed by atoms with E-state index < -0.39 is 0 Å². The molecule has 2 heterocycles. The lowest BCUT2D eigenvalue weighted by molar-refractivity contribution is -0.385. The molecule has 0 N–H and O–H groups in total. The maximum Gasteiger partial charge on any atom is 0.270 e. The van der Waals surface area contributed by atoms with Crippen LogP contribution < -0.4 is 4.90 Å². The van der Waals surface area contributed by atoms with Crippen LogP contribution in [0.5, 0.6) is 0 Å². The molecule has 31 heavy (non-hydrogen) atoms. The van der Waals surface area contributed by atoms with Crippen LogP contribution >= 0.6 is 11.6 Å². The minimum absolute atomic E-state index is 0.115. The van der Waals surface area contributed by atoms with Crippen LogP contribution in [0.15, 0.2) is 42.5 Å². The first kappa shape index (κ1) is 22.1. The van der Waals surface area contributed by atoms with Crippen LogP contribution in [0.3, 0.4) is 0 Å². The minimum atomic E-state index is -0.312. The highest BCUT2D eigenvalue weighted by Crippen LogP contribution is 2.39. The third-order valence-corrected chi connectivity index (χ3v) is 6.64. The molecule has 0 aliphatic carbocycles. The fourth-order valence-corrected chi connectivity index (χ4v) is 4.94. The molecule has 0 unspecified atom stereocenters. The van der Waals surface area contributed by atoms with Gasteiger partial charge < -0.3 is 9.64 Å². The summed E-state index contributed by atoms with van der Waals surface area (Å²) in [4.78, 5) is 16.0. The largest absolute Gasteiger partial charge is 0.368 e. The molecule has 166 valence electrons. The van der Waals surface area contributed by atoms with E-state index in [0.29, 0.717) is 24.2 Å². The van der Waals surface area contributed by atoms with Crippen molar-refractivity contribution in [3.05, 3.63) is 68.7 Å². The molecule has 7 heteroatoms. The highest BCUT2D eigenvalue weighted by molar-refractivity contribution is 6.30. The molecule has 2 fully saturated rings. The summed E-state index contributed by atoms with van der Waals surface area (Å²) in [7, 11) is 0. The molecule has 2 aliphatic heterocycles. The molecule has 0 saturated carbocycles. The van der Waals surface area contributed by atoms with Gasteiger partial charge in [-0.1, -0.05) is 30.7 Å². The maximum atomic E-state index is 11.6. The quantitative estimate of drug-likeness (QED) is 0.408. The molecule has 0 amide bonds. The number of piperidine rings is 1. The van der Waals surface area contributed by atoms with Crippen LogP contribution in [-0.2, 0) is 11.3 Å². The number of hydrogen-bond donors (Lipinski definition) is 0. The summed E-state index contributed by atoms with van der Waals surface area (Å²) in [6.07, 6.45) is 5.24. The molecule has 4 rings (SSSR count). The Morgan fingerprint density at radius 1 is 1.13 bits per heavy atom. The van der Waals surface area contributed by atoms with Gasteiger partial charge in [0.1, 0.15) is 6.23 Å². The normalized spacial score (nSPS) is 22.5. The average molecular weight is 444 g/mol. The summed E-state index contributed by atoms with van der Waals surface area (Å²) >= 11 is 6.05. The van der Waals surface area contributed by atoms with Crippen molar-refractivity contribution in [3.8, 4) is 0 Å². The van der Waals surface area contributed by atoms with Gasteiger partial charge in [0.2, 0.25) is 0 Å². The van der Waals surface area contributed by atoms with E-state index in [2.05, 4.69) is 16.7 Å². The van der Waals surface area contributed by atoms with Gasteiger partial charge in [-0.3, -0.25) is 15.0 Å². The van der Waals surface area contributed by atoms with E-state index in [0.717, 1.165) is 55.6 Å². The summed E-state index contributed by atoms with van der Waals surface area (Å²) in [5.41, 5.74) is 3.24. The predicted molar refractivity (Wildman–Crippen MR) is 124 cm³/mol. The predicted octanol–water partition coefficient (Wildman–Crippen LogP) is 5.94. The Balaban J connectivity index is 1.71. The zero-order valence-electron chi connectivity index (χ0n) is 18.0. The zero-order valence-corrected chi connectivity index (χ0v) is 18.8. The number of benzene rings is 2. The number of ether oxygens (including phenoxy) is 1. The zero-order chi connectivity index (χ0) is 21.8. The highest BCUT2D eigenvalue weighted by atomic mass is 35.5. The number of anilines is 1. The van der Waals surface area contributed by atoms with Gasteiger partial charge in [-0.05, 0) is 55.9 Å². The third kappa shape index (κ3) is 5.03. The van der Waals surface area contributed by atoms with E-state index in [-0.39, 0.29) is 16.8 Å². The van der Waals surface area contributed by atoms with E-state index in [1.54, 1.807) is 12.1 Å². The van der Waals surface area contributed by atoms with Crippen molar-refractivity contribution in [2.45, 2.75) is 57.8 Å². The summed E-state index contributed by atoms with van der Waals surface area (Å²) in [5.74, 6) is 0. The smallest absolute Gasteiger partial charge is 0.270 e. The molecule has 2 aliphatic rings. The Hall–Kier alpha value is -2.15. The molecule has 6 nitrogen and oxygen atoms in total. The number of nitrogens with zero attached hydrogens (tertiary/aromatic N) is 3. The number of hydrogen-bond acceptors (Lipinski definition) is 5. The average Bonchev–Trinajstić information content (AvgIpc) is 2.80. The second kappa shape index (κ2) is 9.98. The van der Waals surface area contributed by atoms with Crippen molar-refractivity contribution in [3.63, 3.8) is 0 Å². The minimum Gasteiger partial charge on any atom is -0.368 e. The Morgan fingerprint density at radius 3 is 2.68 bits per heavy atom. The molecule has 0 radical (unpaired) electrons. The van der Waals surface area contributed by atoms with E-state index in [1.807, 2.05) is 30.3 Å². The van der Waals surface area contributed by atoms with Crippen molar-refractivity contribution >= 4 is 23.0 Å². The standard InChI is InChI=1S/C24H30ClN3O3/c1-2-20-6-3-4-14-27(20)23-12-11-21(28(29)30)16-22(23)24-26(13-5-15-31-24)17-18-7-9-19(25)10-8-18/h7-12,16,20,24H,2-6,13-15,17H2,1H3/t20-,24-/m0/s1. The molecule has 2 atom stereocenters. The monoisotopic (exact) mass is 443 g/mol. The van der Waals surface area contributed by atoms with Gasteiger partial charge in [-0.2, -0.15) is 0 Å². The molecule has 0 spiro atoms. The number of rotatable bonds is 6. The van der Waals surface area contributed by atoms with Gasteiger partial charge in [0.05, 0.1) is 11.5 Å². The van der Waals surface area contributed by atoms with Crippen molar-refractivity contribution < 1.29 is 9.66 Å². The fourth-order valence-electron chi connectivity index (χ4n) is 4.82. The van der Waals surface area contributed by atoms with Crippen LogP contribution in [0.2, 0.25) is 5.02 Å². The Labute approximate surface area is 188 Å². The van der Waals surface area contributed by atoms with Gasteiger partial charge in [-0.25, -0.2) is 0 Å². The first-order chi connectivity index (χ1) is 15.1. The van der Waals surface area contributed by atoms with Crippen molar-refractivity contribution in [1.29, 1.82) is 0 Å². The van der Waals surface area contributed by atoms with Crippen LogP contribution in [-0.4, -0.2) is 35.6 Å². The summed E-state index contributed by atoms with van der Waals surface area (Å²) in [5, 5.41) is 12.3. The summed E-state index contributed by atoms with van der Waals surface area (Å²) < 4.78 is 6.26. The topological polar surface area (TPSA) is 58.9 Å². The lowest BCUT2D eigenvalue weighted by Gasteiger charge is -2.42. The lowest BCUT2D eigenvalue weighted by atomic mass is 9.97. The van der Waals surface area contributed by atoms with E-state index >= 15 is 0 Å². The SMILES string of the molecule is CC[C@H]1CCCCN1c1ccc([N+](=O)[O-])cc1[C@@H]1OCCCN1Cc1ccc(Cl)cc1. The second-order valence-electron chi connectivity index (χ2n) is 8.43. The van der Waals surface area contributed by atoms with Gasteiger partial charge in [0.25, 0.3) is 5.69 Å². The molecule has 0 bridgehead atoms. The molecule has 0 aromatic heterocycles. The first-order valence-electron chi connectivity index (χ1n) is 11.2. The van der Waals surface area contributed by atoms with Gasteiger partial charge in [0, 0.05) is 54.1 Å². The summed E-state index contributed by atoms with van der Waals surface area (Å²) in [6.45, 7) is 5.44. The lowest BCUT2D eigenvalue weighted by Crippen LogP contribution is -2.42. The van der Waals surface area contributed by atoms with Crippen LogP contribution in [0.4, 0.5) is 11.4 Å². The molecule has 2 saturated heterocycles.